The number of ether oxygens (including phenoxy) is 1. The molecule has 5 aromatic heterocycles. The molecule has 6 heterocycles. The van der Waals surface area contributed by atoms with Crippen molar-refractivity contribution >= 4 is 76.6 Å². The standard InChI is InChI=1S/C92H71N5O2.Pt/c1-55-22-20-23-56(2)87(55)59-46-75-72-53-77-76(91(6,7)41-42-92(77,8)9)52-71(72)64-26-10-11-27-65(64)74-45-58(57-36-39-85-73(44-57)70-31-15-19-35-84(70)99-85)47-82-88(74)95(89(75)83(48-59)96-78-32-16-12-28-66(78)67-29-13-17-33-79(67)96)54-94(82)61-24-21-25-62(50-61)98-63-37-38-69-68-30-14-18-34-80(68)97(81(69)51-63)86-49-60(40-43-93-86)90(3,4)5;/h10-40,43-49,52-53H,41-42H2,1-9H3;/q-2;/i1D3,2D3;. The Labute approximate surface area is 604 Å². The van der Waals surface area contributed by atoms with Crippen LogP contribution in [0.3, 0.4) is 0 Å². The van der Waals surface area contributed by atoms with E-state index in [1.54, 1.807) is 18.2 Å². The summed E-state index contributed by atoms with van der Waals surface area (Å²) in [6.07, 6.45) is 7.90. The molecule has 0 radical (unpaired) electrons. The minimum atomic E-state index is -2.72. The van der Waals surface area contributed by atoms with Gasteiger partial charge in [0.1, 0.15) is 17.0 Å². The summed E-state index contributed by atoms with van der Waals surface area (Å²) in [4.78, 5) is 4.96. The topological polar surface area (TPSA) is 53.9 Å². The van der Waals surface area contributed by atoms with Crippen LogP contribution in [-0.2, 0) is 37.3 Å². The minimum absolute atomic E-state index is 0. The van der Waals surface area contributed by atoms with Gasteiger partial charge in [0.15, 0.2) is 0 Å². The van der Waals surface area contributed by atoms with Crippen molar-refractivity contribution in [3.63, 3.8) is 0 Å². The number of rotatable bonds is 7. The monoisotopic (exact) mass is 1480 g/mol. The van der Waals surface area contributed by atoms with E-state index in [2.05, 4.69) is 243 Å². The molecule has 0 saturated carbocycles. The smallest absolute Gasteiger partial charge is 0.268 e. The molecular formula is C92H71N5O2Pt-2. The number of nitrogens with zero attached hydrogens (tertiary/aromatic N) is 5. The van der Waals surface area contributed by atoms with Crippen molar-refractivity contribution in [2.75, 3.05) is 0 Å². The SMILES string of the molecule is [2H]C([2H])([2H])c1cccc(C([2H])([2H])[2H])c1-c1cc2c(c(-n3c4ccccc4c4ccccc43)c1)-[n+]1[c-]n(-c3[c-]c(Oc4[c-]c5c(cc4)c4ccccc4n5-c4cc(C(C)(C)C)ccn4)ccc3)c3cc(-c4ccc5oc6ccccc6c5c4)cc(c31)-c1ccccc1-c1cc3c(cc1-2)C(C)(C)CCC3(C)C.[Pt]. The Morgan fingerprint density at radius 3 is 1.79 bits per heavy atom. The van der Waals surface area contributed by atoms with E-state index in [0.717, 1.165) is 151 Å². The van der Waals surface area contributed by atoms with Gasteiger partial charge < -0.3 is 22.9 Å². The number of hydrogen-bond donors (Lipinski definition) is 0. The fraction of sp³-hybridized carbons (Fsp3) is 0.152. The molecule has 2 aliphatic rings. The second-order valence-electron chi connectivity index (χ2n) is 29.3. The van der Waals surface area contributed by atoms with Crippen molar-refractivity contribution in [3.05, 3.63) is 289 Å². The summed E-state index contributed by atoms with van der Waals surface area (Å²) in [6, 6.07) is 88.4. The number of aryl methyl sites for hydroxylation is 2. The summed E-state index contributed by atoms with van der Waals surface area (Å²) in [6.45, 7) is 10.6. The molecule has 0 spiro atoms. The Morgan fingerprint density at radius 2 is 1.09 bits per heavy atom. The maximum atomic E-state index is 9.23. The van der Waals surface area contributed by atoms with Crippen LogP contribution in [0.5, 0.6) is 11.5 Å². The Bertz CT molecular complexity index is 6470. The van der Waals surface area contributed by atoms with E-state index in [4.69, 9.17) is 14.1 Å². The van der Waals surface area contributed by atoms with E-state index in [-0.39, 0.29) is 54.0 Å². The van der Waals surface area contributed by atoms with Gasteiger partial charge >= 0.3 is 0 Å². The Kier molecular flexibility index (Phi) is 12.4. The van der Waals surface area contributed by atoms with Crippen LogP contribution < -0.4 is 9.30 Å². The first-order valence-corrected chi connectivity index (χ1v) is 34.1. The van der Waals surface area contributed by atoms with Crippen LogP contribution in [0.25, 0.3) is 155 Å². The normalized spacial score (nSPS) is 15.0. The first-order valence-electron chi connectivity index (χ1n) is 37.1. The van der Waals surface area contributed by atoms with Crippen molar-refractivity contribution in [3.8, 4) is 90.0 Å². The van der Waals surface area contributed by atoms with E-state index in [0.29, 0.717) is 28.4 Å². The predicted octanol–water partition coefficient (Wildman–Crippen LogP) is 23.5. The molecule has 0 saturated heterocycles. The second kappa shape index (κ2) is 22.6. The molecule has 0 bridgehead atoms. The zero-order chi connectivity index (χ0) is 72.0. The minimum Gasteiger partial charge on any atom is -0.510 e. The third-order valence-corrected chi connectivity index (χ3v) is 21.4. The largest absolute Gasteiger partial charge is 0.510 e. The van der Waals surface area contributed by atoms with E-state index in [1.807, 2.05) is 66.9 Å². The number of fused-ring (bicyclic) bond motifs is 17. The number of hydrogen-bond acceptors (Lipinski definition) is 3. The molecule has 0 atom stereocenters. The molecule has 8 heteroatoms. The van der Waals surface area contributed by atoms with Crippen LogP contribution >= 0.6 is 0 Å². The number of pyridine rings is 1. The maximum absolute atomic E-state index is 9.23. The van der Waals surface area contributed by atoms with Gasteiger partial charge in [0.2, 0.25) is 0 Å². The fourth-order valence-electron chi connectivity index (χ4n) is 16.2. The molecule has 17 aromatic rings. The summed E-state index contributed by atoms with van der Waals surface area (Å²) >= 11 is 0. The third kappa shape index (κ3) is 9.48. The van der Waals surface area contributed by atoms with Gasteiger partial charge in [-0.25, -0.2) is 4.98 Å². The molecule has 0 unspecified atom stereocenters. The summed E-state index contributed by atoms with van der Waals surface area (Å²) < 4.78 is 77.7. The second-order valence-corrected chi connectivity index (χ2v) is 29.3. The number of para-hydroxylation sites is 4. The molecule has 1 aliphatic heterocycles. The summed E-state index contributed by atoms with van der Waals surface area (Å²) in [7, 11) is 0. The molecule has 19 rings (SSSR count). The van der Waals surface area contributed by atoms with Crippen molar-refractivity contribution in [1.82, 2.24) is 18.7 Å². The average Bonchev–Trinajstić information content (AvgIpc) is 1.44. The van der Waals surface area contributed by atoms with Gasteiger partial charge in [0.25, 0.3) is 6.33 Å². The zero-order valence-corrected chi connectivity index (χ0v) is 58.6. The van der Waals surface area contributed by atoms with Crippen molar-refractivity contribution in [1.29, 1.82) is 0 Å². The molecule has 7 nitrogen and oxygen atoms in total. The molecule has 0 fully saturated rings. The molecule has 0 amide bonds. The molecule has 488 valence electrons. The Balaban J connectivity index is 0.00000796. The maximum Gasteiger partial charge on any atom is 0.268 e. The number of aromatic nitrogens is 5. The van der Waals surface area contributed by atoms with Crippen LogP contribution in [-0.4, -0.2) is 18.7 Å². The van der Waals surface area contributed by atoms with Crippen LogP contribution in [0.4, 0.5) is 0 Å². The summed E-state index contributed by atoms with van der Waals surface area (Å²) in [5.41, 5.74) is 19.8. The number of furan rings is 1. The Hall–Kier alpha value is -10.9. The average molecular weight is 1480 g/mol. The van der Waals surface area contributed by atoms with Crippen molar-refractivity contribution in [2.24, 2.45) is 0 Å². The van der Waals surface area contributed by atoms with E-state index < -0.39 is 13.7 Å². The first-order chi connectivity index (χ1) is 50.4. The van der Waals surface area contributed by atoms with Gasteiger partial charge in [-0.05, 0) is 210 Å². The third-order valence-electron chi connectivity index (χ3n) is 21.4. The van der Waals surface area contributed by atoms with Crippen molar-refractivity contribution < 1.29 is 43.0 Å². The van der Waals surface area contributed by atoms with Crippen molar-refractivity contribution in [2.45, 2.75) is 91.3 Å². The van der Waals surface area contributed by atoms with E-state index in [1.165, 1.54) is 11.1 Å². The molecule has 1 aliphatic carbocycles. The zero-order valence-electron chi connectivity index (χ0n) is 62.4. The molecule has 12 aromatic carbocycles. The van der Waals surface area contributed by atoms with Gasteiger partial charge in [-0.15, -0.1) is 29.7 Å². The van der Waals surface area contributed by atoms with Crippen LogP contribution in [0.15, 0.2) is 247 Å². The molecule has 100 heavy (non-hydrogen) atoms. The van der Waals surface area contributed by atoms with Crippen LogP contribution in [0.2, 0.25) is 0 Å². The predicted molar refractivity (Wildman–Crippen MR) is 406 cm³/mol. The molecule has 0 N–H and O–H groups in total. The number of imidazole rings is 1. The summed E-state index contributed by atoms with van der Waals surface area (Å²) in [5, 5.41) is 6.11. The van der Waals surface area contributed by atoms with Crippen LogP contribution in [0, 0.1) is 32.2 Å². The van der Waals surface area contributed by atoms with E-state index >= 15 is 0 Å². The van der Waals surface area contributed by atoms with Gasteiger partial charge in [-0.3, -0.25) is 4.57 Å². The Morgan fingerprint density at radius 1 is 0.490 bits per heavy atom. The van der Waals surface area contributed by atoms with Gasteiger partial charge in [-0.1, -0.05) is 187 Å². The fourth-order valence-corrected chi connectivity index (χ4v) is 16.2. The van der Waals surface area contributed by atoms with Gasteiger partial charge in [0.05, 0.1) is 33.4 Å². The summed E-state index contributed by atoms with van der Waals surface area (Å²) in [5.74, 6) is 1.72. The number of benzene rings is 12. The van der Waals surface area contributed by atoms with Gasteiger partial charge in [0, 0.05) is 74.0 Å². The quantitative estimate of drug-likeness (QED) is 0.118. The van der Waals surface area contributed by atoms with E-state index in [9.17, 15) is 8.22 Å². The first kappa shape index (κ1) is 55.1. The van der Waals surface area contributed by atoms with Gasteiger partial charge in [-0.2, -0.15) is 18.2 Å². The molecular weight excluding hydrogens is 1400 g/mol. The van der Waals surface area contributed by atoms with Crippen LogP contribution in [0.1, 0.15) is 97.3 Å².